The number of nitrogens with two attached hydrogens (primary N) is 2. The summed E-state index contributed by atoms with van der Waals surface area (Å²) < 4.78 is 4.87. The molecule has 7 rings (SSSR count). The van der Waals surface area contributed by atoms with E-state index in [0.717, 1.165) is 63.5 Å². The molecule has 58 heavy (non-hydrogen) atoms. The van der Waals surface area contributed by atoms with Crippen LogP contribution in [0, 0.1) is 0 Å². The molecular weight excluding hydrogens is 802 g/mol. The van der Waals surface area contributed by atoms with Crippen LogP contribution in [0.1, 0.15) is 61.0 Å². The third kappa shape index (κ3) is 21.4. The first-order valence-electron chi connectivity index (χ1n) is 19.2. The number of halogens is 1. The number of alkyl halides is 1. The molecule has 3 fully saturated rings. The van der Waals surface area contributed by atoms with Crippen LogP contribution in [0.25, 0.3) is 0 Å². The molecule has 0 saturated carbocycles. The maximum absolute atomic E-state index is 11.4. The Bertz CT molecular complexity index is 1580. The SMILES string of the molecule is C.CCOC(=O)C(Br)c1ccccc1.CN1CCNC(c2ccccc2)C1.NCCN.O=C1NCCNC1c1ccccc1.[AlH3].[H-].[Li+].c1ccc(C2CNCCN2)cc1. The molecule has 4 aromatic rings. The Balaban J connectivity index is 0. The molecule has 0 aromatic heterocycles. The van der Waals surface area contributed by atoms with Crippen molar-refractivity contribution in [2.75, 3.05) is 79.1 Å². The van der Waals surface area contributed by atoms with E-state index in [1.54, 1.807) is 6.92 Å². The van der Waals surface area contributed by atoms with Gasteiger partial charge in [0.2, 0.25) is 5.91 Å². The minimum absolute atomic E-state index is 0. The fourth-order valence-corrected chi connectivity index (χ4v) is 6.30. The van der Waals surface area contributed by atoms with E-state index in [1.165, 1.54) is 11.1 Å². The fourth-order valence-electron chi connectivity index (χ4n) is 5.87. The van der Waals surface area contributed by atoms with E-state index in [4.69, 9.17) is 16.2 Å². The summed E-state index contributed by atoms with van der Waals surface area (Å²) in [5.74, 6) is -0.175. The van der Waals surface area contributed by atoms with Crippen LogP contribution in [0.3, 0.4) is 0 Å². The number of piperazine rings is 3. The summed E-state index contributed by atoms with van der Waals surface area (Å²) in [6, 6.07) is 41.3. The van der Waals surface area contributed by atoms with Gasteiger partial charge < -0.3 is 49.1 Å². The average molecular weight is 872 g/mol. The molecule has 1 amide bonds. The van der Waals surface area contributed by atoms with Crippen molar-refractivity contribution in [1.82, 2.24) is 31.5 Å². The van der Waals surface area contributed by atoms with Gasteiger partial charge in [-0.1, -0.05) is 145 Å². The molecule has 3 heterocycles. The Morgan fingerprint density at radius 3 is 1.71 bits per heavy atom. The van der Waals surface area contributed by atoms with Crippen molar-refractivity contribution in [3.8, 4) is 0 Å². The molecule has 4 aromatic carbocycles. The summed E-state index contributed by atoms with van der Waals surface area (Å²) in [5, 5.41) is 16.4. The normalized spacial score (nSPS) is 18.7. The largest absolute Gasteiger partial charge is 1.00 e. The van der Waals surface area contributed by atoms with Gasteiger partial charge in [0.05, 0.1) is 6.61 Å². The van der Waals surface area contributed by atoms with Crippen molar-refractivity contribution in [2.24, 2.45) is 11.5 Å². The second-order valence-electron chi connectivity index (χ2n) is 13.0. The summed E-state index contributed by atoms with van der Waals surface area (Å²) >= 11 is 3.28. The van der Waals surface area contributed by atoms with E-state index in [9.17, 15) is 9.59 Å². The summed E-state index contributed by atoms with van der Waals surface area (Å²) in [4.78, 5) is 24.7. The number of likely N-dealkylation sites (N-methyl/N-ethyl adjacent to an activating group) is 1. The third-order valence-corrected chi connectivity index (χ3v) is 9.65. The Kier molecular flexibility index (Phi) is 32.3. The number of carbonyl (C=O) groups is 2. The van der Waals surface area contributed by atoms with Gasteiger partial charge in [0.15, 0.2) is 17.4 Å². The van der Waals surface area contributed by atoms with Crippen molar-refractivity contribution >= 4 is 45.2 Å². The first kappa shape index (κ1) is 55.1. The Morgan fingerprint density at radius 2 is 1.24 bits per heavy atom. The fraction of sp³-hybridized carbons (Fsp3) is 0.409. The summed E-state index contributed by atoms with van der Waals surface area (Å²) in [6.45, 7) is 11.5. The molecule has 14 heteroatoms. The van der Waals surface area contributed by atoms with Gasteiger partial charge in [0.1, 0.15) is 10.9 Å². The minimum atomic E-state index is -0.353. The van der Waals surface area contributed by atoms with Gasteiger partial charge in [-0.25, -0.2) is 0 Å². The first-order chi connectivity index (χ1) is 26.9. The van der Waals surface area contributed by atoms with Crippen molar-refractivity contribution in [3.05, 3.63) is 144 Å². The third-order valence-electron chi connectivity index (χ3n) is 8.74. The minimum Gasteiger partial charge on any atom is -1.00 e. The van der Waals surface area contributed by atoms with Crippen LogP contribution >= 0.6 is 15.9 Å². The van der Waals surface area contributed by atoms with E-state index in [0.29, 0.717) is 31.8 Å². The van der Waals surface area contributed by atoms with Crippen LogP contribution in [0.2, 0.25) is 0 Å². The number of nitrogens with zero attached hydrogens (tertiary/aromatic N) is 1. The summed E-state index contributed by atoms with van der Waals surface area (Å²) in [6.07, 6.45) is 0. The first-order valence-corrected chi connectivity index (χ1v) is 20.1. The van der Waals surface area contributed by atoms with Crippen LogP contribution in [0.5, 0.6) is 0 Å². The van der Waals surface area contributed by atoms with Crippen LogP contribution in [-0.4, -0.2) is 113 Å². The second kappa shape index (κ2) is 33.9. The van der Waals surface area contributed by atoms with Crippen molar-refractivity contribution in [3.63, 3.8) is 0 Å². The topological polar surface area (TPSA) is 159 Å². The van der Waals surface area contributed by atoms with Crippen molar-refractivity contribution in [2.45, 2.75) is 37.3 Å². The van der Waals surface area contributed by atoms with E-state index in [2.05, 4.69) is 115 Å². The molecule has 4 unspecified atom stereocenters. The zero-order chi connectivity index (χ0) is 39.5. The maximum atomic E-state index is 11.4. The van der Waals surface area contributed by atoms with Gasteiger partial charge in [-0.2, -0.15) is 0 Å². The number of amides is 1. The average Bonchev–Trinajstić information content (AvgIpc) is 3.26. The molecule has 3 aliphatic rings. The zero-order valence-electron chi connectivity index (χ0n) is 34.3. The van der Waals surface area contributed by atoms with E-state index < -0.39 is 0 Å². The number of hydrogen-bond donors (Lipinski definition) is 7. The van der Waals surface area contributed by atoms with Crippen LogP contribution in [0.15, 0.2) is 121 Å². The molecule has 4 atom stereocenters. The molecule has 9 N–H and O–H groups in total. The molecule has 0 spiro atoms. The van der Waals surface area contributed by atoms with Gasteiger partial charge in [-0.15, -0.1) is 0 Å². The van der Waals surface area contributed by atoms with Gasteiger partial charge in [-0.05, 0) is 36.2 Å². The van der Waals surface area contributed by atoms with Crippen LogP contribution in [-0.2, 0) is 14.3 Å². The predicted octanol–water partition coefficient (Wildman–Crippen LogP) is 0.789. The predicted molar refractivity (Wildman–Crippen MR) is 246 cm³/mol. The maximum Gasteiger partial charge on any atom is 1.00 e. The summed E-state index contributed by atoms with van der Waals surface area (Å²) in [7, 11) is 2.18. The van der Waals surface area contributed by atoms with Gasteiger partial charge in [-0.3, -0.25) is 9.59 Å². The smallest absolute Gasteiger partial charge is 1.00 e. The molecule has 3 aliphatic heterocycles. The number of ether oxygens (including phenoxy) is 1. The second-order valence-corrected chi connectivity index (χ2v) is 13.9. The molecular formula is C44H69AlBrLiN8O3. The molecule has 0 aliphatic carbocycles. The number of benzene rings is 4. The zero-order valence-corrected chi connectivity index (χ0v) is 34.9. The Morgan fingerprint density at radius 1 is 0.759 bits per heavy atom. The van der Waals surface area contributed by atoms with E-state index in [1.807, 2.05) is 60.7 Å². The number of carbonyl (C=O) groups excluding carboxylic acids is 2. The molecule has 0 radical (unpaired) electrons. The number of hydrogen-bond acceptors (Lipinski definition) is 10. The molecule has 314 valence electrons. The Hall–Kier alpha value is -2.85. The van der Waals surface area contributed by atoms with E-state index in [-0.39, 0.29) is 67.8 Å². The van der Waals surface area contributed by atoms with Crippen molar-refractivity contribution < 1.29 is 34.6 Å². The quantitative estimate of drug-likeness (QED) is 0.0806. The van der Waals surface area contributed by atoms with Gasteiger partial charge in [0.25, 0.3) is 0 Å². The van der Waals surface area contributed by atoms with Gasteiger partial charge in [0, 0.05) is 77.5 Å². The van der Waals surface area contributed by atoms with Gasteiger partial charge >= 0.3 is 24.8 Å². The van der Waals surface area contributed by atoms with Crippen LogP contribution in [0.4, 0.5) is 0 Å². The Labute approximate surface area is 380 Å². The molecule has 11 nitrogen and oxygen atoms in total. The number of esters is 1. The number of nitrogens with one attached hydrogen (secondary N) is 5. The van der Waals surface area contributed by atoms with Crippen molar-refractivity contribution in [1.29, 1.82) is 0 Å². The van der Waals surface area contributed by atoms with E-state index >= 15 is 0 Å². The molecule has 3 saturated heterocycles. The number of rotatable bonds is 7. The van der Waals surface area contributed by atoms with Crippen LogP contribution < -0.4 is 56.9 Å². The molecule has 0 bridgehead atoms. The summed E-state index contributed by atoms with van der Waals surface area (Å²) in [5.41, 5.74) is 14.5. The monoisotopic (exact) mass is 870 g/mol. The standard InChI is InChI=1S/C11H16N2.C10H11BrO2.C10H12N2O.C10H14N2.C2H8N2.CH4.Al.Li.4H/c1-13-8-7-12-11(9-13)10-5-3-2-4-6-10;1-2-13-10(12)9(11)8-6-4-3-5-7-8;13-10-9(11-6-7-12-10)8-4-2-1-3-5-8;1-2-4-9(5-3-1)10-8-11-6-7-12-10;3-1-2-4;;;;;;;/h2-6,11-12H,7-9H2,1H3;3-7,9H,2H2,1H3;1-5,9,11H,6-7H2,(H,12,13);1-5,10-12H,6-8H2;1-4H2;1H4;;;;;;/q;;;;;;;+1;;;;-1.